The van der Waals surface area contributed by atoms with Crippen LogP contribution in [0, 0.1) is 0 Å². The van der Waals surface area contributed by atoms with Gasteiger partial charge >= 0.3 is 11.9 Å². The van der Waals surface area contributed by atoms with Crippen molar-refractivity contribution in [3.05, 3.63) is 60.8 Å². The van der Waals surface area contributed by atoms with Crippen molar-refractivity contribution in [2.45, 2.75) is 251 Å². The molecule has 0 aliphatic carbocycles. The van der Waals surface area contributed by atoms with Gasteiger partial charge in [-0.15, -0.1) is 0 Å². The second-order valence-electron chi connectivity index (χ2n) is 19.4. The summed E-state index contributed by atoms with van der Waals surface area (Å²) in [7, 11) is 5.42. The van der Waals surface area contributed by atoms with Gasteiger partial charge in [0.05, 0.1) is 40.3 Å². The van der Waals surface area contributed by atoms with Crippen molar-refractivity contribution in [3.63, 3.8) is 0 Å². The molecule has 66 heavy (non-hydrogen) atoms. The van der Waals surface area contributed by atoms with Crippen LogP contribution in [0.25, 0.3) is 0 Å². The minimum atomic E-state index is -1.13. The number of carboxylic acids is 1. The zero-order valence-electron chi connectivity index (χ0n) is 43.6. The predicted molar refractivity (Wildman–Crippen MR) is 277 cm³/mol. The average molecular weight is 926 g/mol. The number of nitrogens with zero attached hydrogens (tertiary/aromatic N) is 1. The molecule has 0 heterocycles. The van der Waals surface area contributed by atoms with E-state index in [1.807, 2.05) is 0 Å². The first-order chi connectivity index (χ1) is 32.1. The molecular formula is C58H103NO7. The lowest BCUT2D eigenvalue weighted by molar-refractivity contribution is -0.889. The molecule has 0 bridgehead atoms. The van der Waals surface area contributed by atoms with Crippen LogP contribution in [0.5, 0.6) is 0 Å². The van der Waals surface area contributed by atoms with E-state index in [2.05, 4.69) is 74.6 Å². The SMILES string of the molecule is CC/C=C/C/C=C/C/C=C/C/C=C/CCCCCCCCCCCC(=O)OC(COCCC(C(=O)[O-])[N+](C)(C)C)COC(=O)CCCCCCCCC/C=C/CCCCCCCCCCC. The second kappa shape index (κ2) is 48.5. The van der Waals surface area contributed by atoms with Crippen LogP contribution in [-0.2, 0) is 28.6 Å². The maximum Gasteiger partial charge on any atom is 0.306 e. The molecule has 0 radical (unpaired) electrons. The van der Waals surface area contributed by atoms with Crippen LogP contribution < -0.4 is 5.11 Å². The number of unbranched alkanes of at least 4 members (excludes halogenated alkanes) is 25. The highest BCUT2D eigenvalue weighted by molar-refractivity contribution is 5.70. The molecule has 0 aliphatic rings. The third kappa shape index (κ3) is 46.2. The largest absolute Gasteiger partial charge is 0.544 e. The van der Waals surface area contributed by atoms with E-state index >= 15 is 0 Å². The highest BCUT2D eigenvalue weighted by Gasteiger charge is 2.25. The Balaban J connectivity index is 4.22. The summed E-state index contributed by atoms with van der Waals surface area (Å²) in [4.78, 5) is 37.1. The van der Waals surface area contributed by atoms with Gasteiger partial charge < -0.3 is 28.6 Å². The molecule has 0 aromatic carbocycles. The summed E-state index contributed by atoms with van der Waals surface area (Å²) in [6.45, 7) is 4.57. The fourth-order valence-electron chi connectivity index (χ4n) is 7.94. The molecule has 0 spiro atoms. The number of carboxylic acid groups (broad SMARTS) is 1. The summed E-state index contributed by atoms with van der Waals surface area (Å²) in [5, 5.41) is 11.7. The van der Waals surface area contributed by atoms with Crippen LogP contribution in [-0.4, -0.2) is 75.5 Å². The smallest absolute Gasteiger partial charge is 0.306 e. The number of aliphatic carboxylic acids is 1. The molecule has 0 aliphatic heterocycles. The summed E-state index contributed by atoms with van der Waals surface area (Å²) in [6.07, 6.45) is 61.1. The molecule has 0 aromatic heterocycles. The first kappa shape index (κ1) is 63.0. The van der Waals surface area contributed by atoms with E-state index in [-0.39, 0.29) is 42.7 Å². The van der Waals surface area contributed by atoms with E-state index < -0.39 is 18.1 Å². The van der Waals surface area contributed by atoms with Gasteiger partial charge in [0.1, 0.15) is 12.6 Å². The number of likely N-dealkylation sites (N-methyl/N-ethyl adjacent to an activating group) is 1. The van der Waals surface area contributed by atoms with Crippen LogP contribution in [0.4, 0.5) is 0 Å². The molecule has 0 saturated heterocycles. The lowest BCUT2D eigenvalue weighted by Gasteiger charge is -2.34. The normalized spacial score (nSPS) is 13.3. The summed E-state index contributed by atoms with van der Waals surface area (Å²) in [6, 6.07) is -0.730. The Morgan fingerprint density at radius 2 is 0.848 bits per heavy atom. The molecule has 0 fully saturated rings. The van der Waals surface area contributed by atoms with Crippen molar-refractivity contribution >= 4 is 17.9 Å². The number of carbonyl (C=O) groups is 3. The van der Waals surface area contributed by atoms with Crippen molar-refractivity contribution in [1.29, 1.82) is 0 Å². The molecule has 0 rings (SSSR count). The van der Waals surface area contributed by atoms with Crippen molar-refractivity contribution in [1.82, 2.24) is 0 Å². The first-order valence-electron chi connectivity index (χ1n) is 27.3. The van der Waals surface area contributed by atoms with E-state index in [1.165, 1.54) is 135 Å². The number of quaternary nitrogens is 1. The molecule has 2 atom stereocenters. The lowest BCUT2D eigenvalue weighted by Crippen LogP contribution is -2.55. The molecule has 0 N–H and O–H groups in total. The van der Waals surface area contributed by atoms with Crippen LogP contribution in [0.1, 0.15) is 239 Å². The van der Waals surface area contributed by atoms with Crippen LogP contribution >= 0.6 is 0 Å². The number of hydrogen-bond donors (Lipinski definition) is 0. The van der Waals surface area contributed by atoms with E-state index in [1.54, 1.807) is 21.1 Å². The summed E-state index contributed by atoms with van der Waals surface area (Å²) >= 11 is 0. The predicted octanol–water partition coefficient (Wildman–Crippen LogP) is 14.8. The van der Waals surface area contributed by atoms with Crippen molar-refractivity contribution < 1.29 is 38.2 Å². The third-order valence-electron chi connectivity index (χ3n) is 12.1. The molecule has 0 saturated carbocycles. The van der Waals surface area contributed by atoms with Gasteiger partial charge in [0.2, 0.25) is 0 Å². The molecule has 0 aromatic rings. The van der Waals surface area contributed by atoms with Crippen LogP contribution in [0.3, 0.4) is 0 Å². The number of hydrogen-bond acceptors (Lipinski definition) is 7. The summed E-state index contributed by atoms with van der Waals surface area (Å²) in [5.41, 5.74) is 0. The van der Waals surface area contributed by atoms with Gasteiger partial charge in [0.25, 0.3) is 0 Å². The topological polar surface area (TPSA) is 102 Å². The Morgan fingerprint density at radius 1 is 0.470 bits per heavy atom. The lowest BCUT2D eigenvalue weighted by atomic mass is 10.1. The van der Waals surface area contributed by atoms with E-state index in [0.717, 1.165) is 70.6 Å². The number of carbonyl (C=O) groups excluding carboxylic acids is 3. The van der Waals surface area contributed by atoms with Gasteiger partial charge in [-0.1, -0.05) is 203 Å². The minimum Gasteiger partial charge on any atom is -0.544 e. The van der Waals surface area contributed by atoms with Crippen LogP contribution in [0.2, 0.25) is 0 Å². The highest BCUT2D eigenvalue weighted by atomic mass is 16.6. The molecule has 8 heteroatoms. The highest BCUT2D eigenvalue weighted by Crippen LogP contribution is 2.15. The van der Waals surface area contributed by atoms with Crippen LogP contribution in [0.15, 0.2) is 60.8 Å². The maximum absolute atomic E-state index is 12.8. The average Bonchev–Trinajstić information content (AvgIpc) is 3.28. The van der Waals surface area contributed by atoms with E-state index in [9.17, 15) is 19.5 Å². The van der Waals surface area contributed by atoms with Gasteiger partial charge in [-0.3, -0.25) is 9.59 Å². The summed E-state index contributed by atoms with van der Waals surface area (Å²) in [5.74, 6) is -1.74. The second-order valence-corrected chi connectivity index (χ2v) is 19.4. The standard InChI is InChI=1S/C58H103NO7/c1-6-8-10-12-14-16-18-20-22-24-26-28-29-31-33-35-37-39-41-43-45-47-49-57(61)66-54(52-64-51-50-55(58(62)63)59(3,4)5)53-65-56(60)48-46-44-42-40-38-36-34-32-30-27-25-23-21-19-17-15-13-11-9-7-2/h8,10,14,16,20,22,26-28,30,54-55H,6-7,9,11-13,15,17-19,21,23-25,29,31-53H2,1-5H3/b10-8+,16-14+,22-20+,28-26+,30-27+. The minimum absolute atomic E-state index is 0.0362. The quantitative estimate of drug-likeness (QED) is 0.0259. The molecular weight excluding hydrogens is 823 g/mol. The molecule has 8 nitrogen and oxygen atoms in total. The number of ether oxygens (including phenoxy) is 3. The van der Waals surface area contributed by atoms with Crippen molar-refractivity contribution in [3.8, 4) is 0 Å². The van der Waals surface area contributed by atoms with Gasteiger partial charge in [0.15, 0.2) is 6.10 Å². The molecule has 382 valence electrons. The van der Waals surface area contributed by atoms with Gasteiger partial charge in [-0.25, -0.2) is 0 Å². The Bertz CT molecular complexity index is 1260. The fourth-order valence-corrected chi connectivity index (χ4v) is 7.94. The Labute approximate surface area is 407 Å². The van der Waals surface area contributed by atoms with Crippen molar-refractivity contribution in [2.75, 3.05) is 41.0 Å². The van der Waals surface area contributed by atoms with Gasteiger partial charge in [-0.2, -0.15) is 0 Å². The Morgan fingerprint density at radius 3 is 1.27 bits per heavy atom. The number of allylic oxidation sites excluding steroid dienone is 10. The number of rotatable bonds is 49. The molecule has 2 unspecified atom stereocenters. The van der Waals surface area contributed by atoms with E-state index in [0.29, 0.717) is 12.8 Å². The Hall–Kier alpha value is -2.97. The zero-order valence-corrected chi connectivity index (χ0v) is 43.6. The maximum atomic E-state index is 12.8. The van der Waals surface area contributed by atoms with Crippen molar-refractivity contribution in [2.24, 2.45) is 0 Å². The number of esters is 2. The van der Waals surface area contributed by atoms with Gasteiger partial charge in [0, 0.05) is 19.3 Å². The van der Waals surface area contributed by atoms with E-state index in [4.69, 9.17) is 14.2 Å². The van der Waals surface area contributed by atoms with Gasteiger partial charge in [-0.05, 0) is 77.0 Å². The third-order valence-corrected chi connectivity index (χ3v) is 12.1. The fraction of sp³-hybridized carbons (Fsp3) is 0.776. The summed E-state index contributed by atoms with van der Waals surface area (Å²) < 4.78 is 17.3. The first-order valence-corrected chi connectivity index (χ1v) is 27.3. The Kier molecular flexibility index (Phi) is 46.3. The zero-order chi connectivity index (χ0) is 48.4. The molecule has 0 amide bonds. The monoisotopic (exact) mass is 926 g/mol.